The molecule has 0 bridgehead atoms. The SMILES string of the molecule is CCOC(=O)[C@H](NS(=O)(=O)c1ccc([N+](=O)[O-])cc1)[C@H](CC)C(=O)OP(=O)(O)O. The number of sulfonamides is 1. The Morgan fingerprint density at radius 1 is 1.21 bits per heavy atom. The highest BCUT2D eigenvalue weighted by atomic mass is 32.2. The number of phosphoric ester groups is 1. The maximum atomic E-state index is 12.6. The van der Waals surface area contributed by atoms with Crippen LogP contribution in [0.5, 0.6) is 0 Å². The first-order chi connectivity index (χ1) is 13.3. The summed E-state index contributed by atoms with van der Waals surface area (Å²) in [6.07, 6.45) is -0.231. The molecule has 3 N–H and O–H groups in total. The lowest BCUT2D eigenvalue weighted by molar-refractivity contribution is -0.384. The van der Waals surface area contributed by atoms with E-state index >= 15 is 0 Å². The number of non-ortho nitro benzene ring substituents is 1. The van der Waals surface area contributed by atoms with Gasteiger partial charge in [0.05, 0.1) is 22.3 Å². The van der Waals surface area contributed by atoms with E-state index in [9.17, 15) is 32.7 Å². The lowest BCUT2D eigenvalue weighted by Crippen LogP contribution is -2.49. The molecule has 13 nitrogen and oxygen atoms in total. The van der Waals surface area contributed by atoms with Crippen LogP contribution in [0.25, 0.3) is 0 Å². The normalized spacial score (nSPS) is 13.9. The van der Waals surface area contributed by atoms with E-state index in [0.717, 1.165) is 24.3 Å². The second kappa shape index (κ2) is 9.89. The van der Waals surface area contributed by atoms with Crippen LogP contribution in [0, 0.1) is 16.0 Å². The van der Waals surface area contributed by atoms with Gasteiger partial charge >= 0.3 is 19.8 Å². The van der Waals surface area contributed by atoms with Crippen molar-refractivity contribution in [3.8, 4) is 0 Å². The maximum Gasteiger partial charge on any atom is 0.526 e. The molecule has 0 fully saturated rings. The Labute approximate surface area is 165 Å². The lowest BCUT2D eigenvalue weighted by atomic mass is 9.98. The van der Waals surface area contributed by atoms with Crippen LogP contribution in [0.1, 0.15) is 20.3 Å². The molecule has 0 aliphatic carbocycles. The van der Waals surface area contributed by atoms with Gasteiger partial charge in [-0.15, -0.1) is 0 Å². The number of carbonyl (C=O) groups is 2. The Kier molecular flexibility index (Phi) is 8.41. The number of rotatable bonds is 10. The van der Waals surface area contributed by atoms with Crippen LogP contribution in [0.15, 0.2) is 29.2 Å². The first-order valence-electron chi connectivity index (χ1n) is 8.04. The van der Waals surface area contributed by atoms with Crippen LogP contribution in [-0.2, 0) is 33.4 Å². The third kappa shape index (κ3) is 7.18. The monoisotopic (exact) mass is 454 g/mol. The van der Waals surface area contributed by atoms with Crippen LogP contribution < -0.4 is 4.72 Å². The molecular weight excluding hydrogens is 435 g/mol. The smallest absolute Gasteiger partial charge is 0.465 e. The number of hydrogen-bond acceptors (Lipinski definition) is 9. The van der Waals surface area contributed by atoms with Crippen molar-refractivity contribution in [3.05, 3.63) is 34.4 Å². The summed E-state index contributed by atoms with van der Waals surface area (Å²) in [4.78, 5) is 51.4. The van der Waals surface area contributed by atoms with Gasteiger partial charge in [0.2, 0.25) is 10.0 Å². The van der Waals surface area contributed by atoms with E-state index in [0.29, 0.717) is 0 Å². The molecule has 0 heterocycles. The Balaban J connectivity index is 3.25. The number of nitro groups is 1. The first-order valence-corrected chi connectivity index (χ1v) is 11.1. The summed E-state index contributed by atoms with van der Waals surface area (Å²) in [6, 6.07) is 1.81. The maximum absolute atomic E-state index is 12.6. The molecular formula is C14H19N2O11PS. The number of carbonyl (C=O) groups excluding carboxylic acids is 2. The molecule has 0 saturated heterocycles. The van der Waals surface area contributed by atoms with Gasteiger partial charge in [0.15, 0.2) is 0 Å². The average molecular weight is 454 g/mol. The van der Waals surface area contributed by atoms with Crippen molar-refractivity contribution < 1.29 is 46.5 Å². The second-order valence-corrected chi connectivity index (χ2v) is 8.40. The summed E-state index contributed by atoms with van der Waals surface area (Å²) in [6.45, 7) is 2.62. The Morgan fingerprint density at radius 2 is 1.76 bits per heavy atom. The van der Waals surface area contributed by atoms with E-state index in [2.05, 4.69) is 4.52 Å². The highest BCUT2D eigenvalue weighted by Gasteiger charge is 2.40. The Hall–Kier alpha value is -2.38. The number of nitrogens with one attached hydrogen (secondary N) is 1. The summed E-state index contributed by atoms with van der Waals surface area (Å²) in [5.74, 6) is -4.30. The molecule has 0 aliphatic heterocycles. The van der Waals surface area contributed by atoms with Gasteiger partial charge in [-0.3, -0.25) is 29.5 Å². The lowest BCUT2D eigenvalue weighted by Gasteiger charge is -2.24. The predicted molar refractivity (Wildman–Crippen MR) is 95.8 cm³/mol. The molecule has 1 aromatic rings. The fourth-order valence-corrected chi connectivity index (χ4v) is 3.83. The number of nitro benzene ring substituents is 1. The Bertz CT molecular complexity index is 910. The average Bonchev–Trinajstić information content (AvgIpc) is 2.60. The van der Waals surface area contributed by atoms with Crippen LogP contribution >= 0.6 is 7.82 Å². The number of ether oxygens (including phenoxy) is 1. The van der Waals surface area contributed by atoms with Gasteiger partial charge in [-0.2, -0.15) is 4.72 Å². The quantitative estimate of drug-likeness (QED) is 0.192. The van der Waals surface area contributed by atoms with E-state index in [1.807, 2.05) is 4.72 Å². The Morgan fingerprint density at radius 3 is 2.17 bits per heavy atom. The van der Waals surface area contributed by atoms with E-state index < -0.39 is 51.6 Å². The molecule has 0 aromatic heterocycles. The zero-order valence-electron chi connectivity index (χ0n) is 15.2. The van der Waals surface area contributed by atoms with E-state index in [4.69, 9.17) is 14.5 Å². The zero-order valence-corrected chi connectivity index (χ0v) is 17.0. The molecule has 0 aliphatic rings. The number of nitrogens with zero attached hydrogens (tertiary/aromatic N) is 1. The van der Waals surface area contributed by atoms with E-state index in [1.165, 1.54) is 13.8 Å². The van der Waals surface area contributed by atoms with Gasteiger partial charge in [0.1, 0.15) is 6.04 Å². The van der Waals surface area contributed by atoms with Gasteiger partial charge in [-0.05, 0) is 25.5 Å². The molecule has 1 aromatic carbocycles. The minimum Gasteiger partial charge on any atom is -0.465 e. The largest absolute Gasteiger partial charge is 0.526 e. The molecule has 162 valence electrons. The van der Waals surface area contributed by atoms with Crippen LogP contribution in [0.3, 0.4) is 0 Å². The molecule has 15 heteroatoms. The highest BCUT2D eigenvalue weighted by molar-refractivity contribution is 7.89. The molecule has 0 saturated carbocycles. The third-order valence-electron chi connectivity index (χ3n) is 3.53. The van der Waals surface area contributed by atoms with Crippen molar-refractivity contribution in [2.75, 3.05) is 6.61 Å². The van der Waals surface area contributed by atoms with Gasteiger partial charge in [-0.25, -0.2) is 13.0 Å². The van der Waals surface area contributed by atoms with Gasteiger partial charge in [0.25, 0.3) is 5.69 Å². The molecule has 1 rings (SSSR count). The third-order valence-corrected chi connectivity index (χ3v) is 5.41. The minimum atomic E-state index is -5.24. The number of benzene rings is 1. The molecule has 0 radical (unpaired) electrons. The molecule has 0 amide bonds. The summed E-state index contributed by atoms with van der Waals surface area (Å²) in [5.41, 5.74) is -0.373. The van der Waals surface area contributed by atoms with Gasteiger partial charge < -0.3 is 9.26 Å². The summed E-state index contributed by atoms with van der Waals surface area (Å²) in [5, 5.41) is 10.7. The van der Waals surface area contributed by atoms with Crippen molar-refractivity contribution >= 4 is 35.5 Å². The van der Waals surface area contributed by atoms with Crippen LogP contribution in [0.4, 0.5) is 5.69 Å². The minimum absolute atomic E-state index is 0.168. The van der Waals surface area contributed by atoms with Crippen molar-refractivity contribution in [1.29, 1.82) is 0 Å². The number of phosphoric acid groups is 1. The standard InChI is InChI=1S/C14H19N2O11PS/c1-3-11(13(17)27-28(21,22)23)12(14(18)26-4-2)15-29(24,25)10-7-5-9(6-8-10)16(19)20/h5-8,11-12,15H,3-4H2,1-2H3,(H2,21,22,23)/t11-,12+/m0/s1. The molecule has 2 atom stereocenters. The fraction of sp³-hybridized carbons (Fsp3) is 0.429. The van der Waals surface area contributed by atoms with Gasteiger partial charge in [-0.1, -0.05) is 6.92 Å². The van der Waals surface area contributed by atoms with Crippen LogP contribution in [0.2, 0.25) is 0 Å². The summed E-state index contributed by atoms with van der Waals surface area (Å²) >= 11 is 0. The first kappa shape index (κ1) is 24.7. The van der Waals surface area contributed by atoms with Crippen molar-refractivity contribution in [1.82, 2.24) is 4.72 Å². The topological polar surface area (TPSA) is 199 Å². The number of esters is 1. The van der Waals surface area contributed by atoms with E-state index in [1.54, 1.807) is 0 Å². The van der Waals surface area contributed by atoms with Crippen molar-refractivity contribution in [2.24, 2.45) is 5.92 Å². The van der Waals surface area contributed by atoms with Crippen molar-refractivity contribution in [2.45, 2.75) is 31.2 Å². The fourth-order valence-electron chi connectivity index (χ4n) is 2.23. The van der Waals surface area contributed by atoms with E-state index in [-0.39, 0.29) is 18.7 Å². The number of hydrogen-bond donors (Lipinski definition) is 3. The zero-order chi connectivity index (χ0) is 22.4. The van der Waals surface area contributed by atoms with Crippen LogP contribution in [-0.4, -0.2) is 47.7 Å². The van der Waals surface area contributed by atoms with Crippen molar-refractivity contribution in [3.63, 3.8) is 0 Å². The van der Waals surface area contributed by atoms with Gasteiger partial charge in [0, 0.05) is 12.1 Å². The highest BCUT2D eigenvalue weighted by Crippen LogP contribution is 2.37. The molecule has 0 spiro atoms. The summed E-state index contributed by atoms with van der Waals surface area (Å²) in [7, 11) is -9.71. The molecule has 29 heavy (non-hydrogen) atoms. The summed E-state index contributed by atoms with van der Waals surface area (Å²) < 4.78 is 46.7. The molecule has 0 unspecified atom stereocenters. The second-order valence-electron chi connectivity index (χ2n) is 5.52. The predicted octanol–water partition coefficient (Wildman–Crippen LogP) is 0.467.